The summed E-state index contributed by atoms with van der Waals surface area (Å²) >= 11 is 0. The third-order valence-electron chi connectivity index (χ3n) is 4.70. The Bertz CT molecular complexity index is 401. The Hall–Kier alpha value is -1.26. The summed E-state index contributed by atoms with van der Waals surface area (Å²) in [6, 6.07) is 0.300. The maximum atomic E-state index is 12.3. The molecule has 3 unspecified atom stereocenters. The Balaban J connectivity index is 2.05. The van der Waals surface area contributed by atoms with E-state index in [0.717, 1.165) is 25.7 Å². The van der Waals surface area contributed by atoms with Gasteiger partial charge in [-0.25, -0.2) is 4.79 Å². The van der Waals surface area contributed by atoms with Gasteiger partial charge in [-0.2, -0.15) is 0 Å². The van der Waals surface area contributed by atoms with E-state index in [1.165, 1.54) is 0 Å². The number of amides is 1. The minimum Gasteiger partial charge on any atom is -0.481 e. The monoisotopic (exact) mass is 297 g/mol. The van der Waals surface area contributed by atoms with Crippen LogP contribution in [-0.2, 0) is 9.53 Å². The molecule has 2 bridgehead atoms. The first-order valence-electron chi connectivity index (χ1n) is 7.97. The number of ether oxygens (including phenoxy) is 1. The van der Waals surface area contributed by atoms with Crippen LogP contribution in [0.15, 0.2) is 0 Å². The number of nitrogens with zero attached hydrogens (tertiary/aromatic N) is 1. The van der Waals surface area contributed by atoms with Crippen LogP contribution in [0.1, 0.15) is 59.8 Å². The summed E-state index contributed by atoms with van der Waals surface area (Å²) in [6.45, 7) is 7.55. The third-order valence-corrected chi connectivity index (χ3v) is 4.70. The van der Waals surface area contributed by atoms with Gasteiger partial charge in [0.05, 0.1) is 5.92 Å². The van der Waals surface area contributed by atoms with Crippen LogP contribution in [0.3, 0.4) is 0 Å². The Morgan fingerprint density at radius 3 is 2.14 bits per heavy atom. The molecule has 5 heteroatoms. The lowest BCUT2D eigenvalue weighted by Crippen LogP contribution is -2.50. The predicted octanol–water partition coefficient (Wildman–Crippen LogP) is 3.28. The highest BCUT2D eigenvalue weighted by molar-refractivity contribution is 5.71. The Labute approximate surface area is 126 Å². The summed E-state index contributed by atoms with van der Waals surface area (Å²) in [5, 5.41) is 9.34. The van der Waals surface area contributed by atoms with Gasteiger partial charge in [0.15, 0.2) is 0 Å². The molecule has 2 saturated heterocycles. The quantitative estimate of drug-likeness (QED) is 0.868. The number of carboxylic acids is 1. The fourth-order valence-electron chi connectivity index (χ4n) is 3.87. The molecule has 0 aromatic rings. The van der Waals surface area contributed by atoms with Gasteiger partial charge < -0.3 is 14.7 Å². The van der Waals surface area contributed by atoms with Gasteiger partial charge in [0.25, 0.3) is 0 Å². The van der Waals surface area contributed by atoms with Crippen LogP contribution in [0.2, 0.25) is 0 Å². The van der Waals surface area contributed by atoms with Gasteiger partial charge in [-0.1, -0.05) is 6.92 Å². The van der Waals surface area contributed by atoms with Crippen molar-refractivity contribution < 1.29 is 19.4 Å². The van der Waals surface area contributed by atoms with E-state index in [-0.39, 0.29) is 30.0 Å². The third kappa shape index (κ3) is 3.50. The molecule has 120 valence electrons. The van der Waals surface area contributed by atoms with Crippen LogP contribution in [0.25, 0.3) is 0 Å². The molecule has 2 rings (SSSR count). The first-order chi connectivity index (χ1) is 9.73. The zero-order valence-electron chi connectivity index (χ0n) is 13.5. The summed E-state index contributed by atoms with van der Waals surface area (Å²) in [4.78, 5) is 25.6. The first-order valence-corrected chi connectivity index (χ1v) is 7.97. The van der Waals surface area contributed by atoms with Crippen molar-refractivity contribution >= 4 is 12.1 Å². The van der Waals surface area contributed by atoms with Crippen LogP contribution in [0, 0.1) is 11.8 Å². The maximum Gasteiger partial charge on any atom is 0.410 e. The molecule has 1 amide bonds. The molecule has 0 aromatic heterocycles. The molecule has 0 radical (unpaired) electrons. The average molecular weight is 297 g/mol. The van der Waals surface area contributed by atoms with Crippen LogP contribution in [0.5, 0.6) is 0 Å². The summed E-state index contributed by atoms with van der Waals surface area (Å²) in [6.07, 6.45) is 3.94. The molecule has 21 heavy (non-hydrogen) atoms. The van der Waals surface area contributed by atoms with Gasteiger partial charge in [0.2, 0.25) is 0 Å². The van der Waals surface area contributed by atoms with Gasteiger partial charge >= 0.3 is 12.1 Å². The van der Waals surface area contributed by atoms with Crippen molar-refractivity contribution in [3.63, 3.8) is 0 Å². The molecule has 3 atom stereocenters. The molecule has 1 N–H and O–H groups in total. The number of aliphatic carboxylic acids is 1. The molecular formula is C16H27NO4. The highest BCUT2D eigenvalue weighted by atomic mass is 16.6. The van der Waals surface area contributed by atoms with E-state index in [4.69, 9.17) is 4.74 Å². The zero-order chi connectivity index (χ0) is 15.8. The molecule has 2 fully saturated rings. The zero-order valence-corrected chi connectivity index (χ0v) is 13.5. The standard InChI is InChI=1S/C16H27NO4/c1-5-13(14(18)19)10-8-11-6-7-12(9-10)17(11)15(20)21-16(2,3)4/h10-13H,5-9H2,1-4H3,(H,18,19). The summed E-state index contributed by atoms with van der Waals surface area (Å²) < 4.78 is 5.50. The molecule has 0 spiro atoms. The highest BCUT2D eigenvalue weighted by Gasteiger charge is 2.47. The fourth-order valence-corrected chi connectivity index (χ4v) is 3.87. The first kappa shape index (κ1) is 16.1. The molecule has 2 aliphatic heterocycles. The second-order valence-corrected chi connectivity index (χ2v) is 7.36. The van der Waals surface area contributed by atoms with Crippen LogP contribution in [0.4, 0.5) is 4.79 Å². The second kappa shape index (κ2) is 5.85. The summed E-state index contributed by atoms with van der Waals surface area (Å²) in [7, 11) is 0. The number of rotatable bonds is 3. The normalized spacial score (nSPS) is 30.1. The van der Waals surface area contributed by atoms with Crippen molar-refractivity contribution in [3.8, 4) is 0 Å². The molecule has 2 aliphatic rings. The number of hydrogen-bond donors (Lipinski definition) is 1. The lowest BCUT2D eigenvalue weighted by Gasteiger charge is -2.41. The molecular weight excluding hydrogens is 270 g/mol. The smallest absolute Gasteiger partial charge is 0.410 e. The van der Waals surface area contributed by atoms with Gasteiger partial charge in [0.1, 0.15) is 5.60 Å². The lowest BCUT2D eigenvalue weighted by atomic mass is 9.79. The van der Waals surface area contributed by atoms with Crippen molar-refractivity contribution in [2.75, 3.05) is 0 Å². The predicted molar refractivity (Wildman–Crippen MR) is 79.0 cm³/mol. The minimum absolute atomic E-state index is 0.150. The van der Waals surface area contributed by atoms with Gasteiger partial charge in [-0.15, -0.1) is 0 Å². The van der Waals surface area contributed by atoms with E-state index in [1.807, 2.05) is 32.6 Å². The Morgan fingerprint density at radius 1 is 1.24 bits per heavy atom. The van der Waals surface area contributed by atoms with E-state index in [1.54, 1.807) is 0 Å². The Kier molecular flexibility index (Phi) is 4.49. The summed E-state index contributed by atoms with van der Waals surface area (Å²) in [5.41, 5.74) is -0.486. The second-order valence-electron chi connectivity index (χ2n) is 7.36. The summed E-state index contributed by atoms with van der Waals surface area (Å²) in [5.74, 6) is -0.801. The number of carboxylic acid groups (broad SMARTS) is 1. The average Bonchev–Trinajstić information content (AvgIpc) is 2.59. The number of piperidine rings is 1. The van der Waals surface area contributed by atoms with Crippen molar-refractivity contribution in [2.24, 2.45) is 11.8 Å². The van der Waals surface area contributed by atoms with E-state index in [9.17, 15) is 14.7 Å². The van der Waals surface area contributed by atoms with Gasteiger partial charge in [0, 0.05) is 12.1 Å². The van der Waals surface area contributed by atoms with E-state index in [2.05, 4.69) is 0 Å². The van der Waals surface area contributed by atoms with Gasteiger partial charge in [-0.05, 0) is 58.8 Å². The number of carbonyl (C=O) groups is 2. The topological polar surface area (TPSA) is 66.8 Å². The van der Waals surface area contributed by atoms with E-state index < -0.39 is 11.6 Å². The Morgan fingerprint density at radius 2 is 1.76 bits per heavy atom. The highest BCUT2D eigenvalue weighted by Crippen LogP contribution is 2.42. The molecule has 5 nitrogen and oxygen atoms in total. The van der Waals surface area contributed by atoms with Crippen LogP contribution >= 0.6 is 0 Å². The molecule has 0 aromatic carbocycles. The minimum atomic E-state index is -0.701. The lowest BCUT2D eigenvalue weighted by molar-refractivity contribution is -0.144. The maximum absolute atomic E-state index is 12.3. The van der Waals surface area contributed by atoms with Crippen molar-refractivity contribution in [2.45, 2.75) is 77.5 Å². The van der Waals surface area contributed by atoms with Gasteiger partial charge in [-0.3, -0.25) is 4.79 Å². The number of hydrogen-bond acceptors (Lipinski definition) is 3. The van der Waals surface area contributed by atoms with Crippen molar-refractivity contribution in [3.05, 3.63) is 0 Å². The fraction of sp³-hybridized carbons (Fsp3) is 0.875. The van der Waals surface area contributed by atoms with Crippen molar-refractivity contribution in [1.29, 1.82) is 0 Å². The number of fused-ring (bicyclic) bond motifs is 2. The largest absolute Gasteiger partial charge is 0.481 e. The molecule has 0 saturated carbocycles. The number of carbonyl (C=O) groups excluding carboxylic acids is 1. The van der Waals surface area contributed by atoms with Crippen LogP contribution < -0.4 is 0 Å². The van der Waals surface area contributed by atoms with Crippen molar-refractivity contribution in [1.82, 2.24) is 4.90 Å². The SMILES string of the molecule is CCC(C(=O)O)C1CC2CCC(C1)N2C(=O)OC(C)(C)C. The van der Waals surface area contributed by atoms with E-state index >= 15 is 0 Å². The molecule has 0 aliphatic carbocycles. The van der Waals surface area contributed by atoms with Crippen LogP contribution in [-0.4, -0.2) is 39.8 Å². The molecule has 2 heterocycles. The van der Waals surface area contributed by atoms with E-state index in [0.29, 0.717) is 6.42 Å².